The molecule has 0 saturated carbocycles. The monoisotopic (exact) mass is 446 g/mol. The smallest absolute Gasteiger partial charge is 0.267 e. The number of hydrogen-bond acceptors (Lipinski definition) is 5. The molecular formula is C22H23FN2O3S2. The Hall–Kier alpha value is -2.45. The summed E-state index contributed by atoms with van der Waals surface area (Å²) in [6.07, 6.45) is 2.75. The fraction of sp³-hybridized carbons (Fsp3) is 0.273. The summed E-state index contributed by atoms with van der Waals surface area (Å²) in [5.41, 5.74) is 2.10. The van der Waals surface area contributed by atoms with E-state index >= 15 is 0 Å². The van der Waals surface area contributed by atoms with Crippen molar-refractivity contribution < 1.29 is 12.8 Å². The molecule has 1 aromatic heterocycles. The van der Waals surface area contributed by atoms with E-state index in [0.29, 0.717) is 28.1 Å². The molecule has 0 fully saturated rings. The van der Waals surface area contributed by atoms with Crippen molar-refractivity contribution in [2.45, 2.75) is 36.2 Å². The molecule has 0 aliphatic heterocycles. The van der Waals surface area contributed by atoms with Crippen molar-refractivity contribution in [3.63, 3.8) is 0 Å². The number of thioether (sulfide) groups is 1. The molecule has 5 nitrogen and oxygen atoms in total. The first kappa shape index (κ1) is 22.2. The van der Waals surface area contributed by atoms with Gasteiger partial charge in [0.25, 0.3) is 5.56 Å². The largest absolute Gasteiger partial charge is 0.276 e. The zero-order chi connectivity index (χ0) is 22.1. The first-order valence-electron chi connectivity index (χ1n) is 9.27. The molecule has 0 aliphatic rings. The van der Waals surface area contributed by atoms with E-state index in [0.717, 1.165) is 6.26 Å². The second kappa shape index (κ2) is 8.35. The van der Waals surface area contributed by atoms with Crippen LogP contribution >= 0.6 is 11.8 Å². The van der Waals surface area contributed by atoms with Crippen LogP contribution < -0.4 is 5.56 Å². The van der Waals surface area contributed by atoms with Crippen LogP contribution in [-0.2, 0) is 15.6 Å². The minimum absolute atomic E-state index is 0.0617. The lowest BCUT2D eigenvalue weighted by atomic mass is 10.0. The maximum atomic E-state index is 13.3. The fourth-order valence-electron chi connectivity index (χ4n) is 2.81. The van der Waals surface area contributed by atoms with Crippen LogP contribution in [-0.4, -0.2) is 29.2 Å². The van der Waals surface area contributed by atoms with E-state index in [1.807, 2.05) is 0 Å². The lowest BCUT2D eigenvalue weighted by Gasteiger charge is -2.19. The van der Waals surface area contributed by atoms with Gasteiger partial charge in [-0.05, 0) is 42.0 Å². The summed E-state index contributed by atoms with van der Waals surface area (Å²) in [5, 5.41) is 4.29. The maximum absolute atomic E-state index is 13.3. The van der Waals surface area contributed by atoms with Crippen LogP contribution in [0.4, 0.5) is 4.39 Å². The molecule has 3 aromatic rings. The quantitative estimate of drug-likeness (QED) is 0.578. The Bertz CT molecular complexity index is 1210. The highest BCUT2D eigenvalue weighted by Crippen LogP contribution is 2.31. The molecule has 0 saturated heterocycles. The van der Waals surface area contributed by atoms with E-state index < -0.39 is 15.7 Å². The number of rotatable bonds is 5. The molecule has 0 unspecified atom stereocenters. The fourth-order valence-corrected chi connectivity index (χ4v) is 4.30. The first-order chi connectivity index (χ1) is 14.0. The molecule has 0 radical (unpaired) electrons. The lowest BCUT2D eigenvalue weighted by Crippen LogP contribution is -2.26. The predicted molar refractivity (Wildman–Crippen MR) is 119 cm³/mol. The molecular weight excluding hydrogens is 423 g/mol. The van der Waals surface area contributed by atoms with Crippen LogP contribution in [0.5, 0.6) is 0 Å². The molecule has 0 aliphatic carbocycles. The Morgan fingerprint density at radius 3 is 2.17 bits per heavy atom. The predicted octanol–water partition coefficient (Wildman–Crippen LogP) is 4.47. The third-order valence-corrected chi connectivity index (χ3v) is 6.82. The summed E-state index contributed by atoms with van der Waals surface area (Å²) >= 11 is 1.63. The Morgan fingerprint density at radius 1 is 1.03 bits per heavy atom. The first-order valence-corrected chi connectivity index (χ1v) is 12.1. The molecule has 158 valence electrons. The van der Waals surface area contributed by atoms with Crippen LogP contribution in [0.1, 0.15) is 26.3 Å². The van der Waals surface area contributed by atoms with Crippen molar-refractivity contribution in [1.82, 2.24) is 9.78 Å². The minimum Gasteiger partial charge on any atom is -0.267 e. The van der Waals surface area contributed by atoms with Crippen LogP contribution in [0.2, 0.25) is 0 Å². The topological polar surface area (TPSA) is 69.0 Å². The van der Waals surface area contributed by atoms with Crippen molar-refractivity contribution in [2.75, 3.05) is 6.26 Å². The molecule has 2 aromatic carbocycles. The van der Waals surface area contributed by atoms with Crippen molar-refractivity contribution in [2.24, 2.45) is 0 Å². The summed E-state index contributed by atoms with van der Waals surface area (Å²) in [4.78, 5) is 13.5. The van der Waals surface area contributed by atoms with Crippen LogP contribution in [0.3, 0.4) is 0 Å². The zero-order valence-corrected chi connectivity index (χ0v) is 18.8. The van der Waals surface area contributed by atoms with Gasteiger partial charge < -0.3 is 0 Å². The van der Waals surface area contributed by atoms with Crippen molar-refractivity contribution in [3.8, 4) is 16.8 Å². The standard InChI is InChI=1S/C22H23FN2O3S2/c1-22(2,3)29-14-20-19(15-5-11-18(12-6-15)30(4,27)28)13-24-25(21(20)26)17-9-7-16(23)8-10-17/h5-13H,14H2,1-4H3. The highest BCUT2D eigenvalue weighted by Gasteiger charge is 2.19. The van der Waals surface area contributed by atoms with E-state index in [1.54, 1.807) is 30.1 Å². The van der Waals surface area contributed by atoms with Crippen LogP contribution in [0.15, 0.2) is 64.4 Å². The highest BCUT2D eigenvalue weighted by molar-refractivity contribution is 7.99. The second-order valence-electron chi connectivity index (χ2n) is 7.93. The number of sulfone groups is 1. The van der Waals surface area contributed by atoms with Gasteiger partial charge in [0, 0.05) is 27.9 Å². The Labute approximate surface area is 179 Å². The third-order valence-electron chi connectivity index (χ3n) is 4.39. The molecule has 3 rings (SSSR count). The number of benzene rings is 2. The molecule has 30 heavy (non-hydrogen) atoms. The van der Waals surface area contributed by atoms with Crippen molar-refractivity contribution >= 4 is 21.6 Å². The van der Waals surface area contributed by atoms with Gasteiger partial charge in [-0.15, -0.1) is 0 Å². The average molecular weight is 447 g/mol. The van der Waals surface area contributed by atoms with E-state index in [4.69, 9.17) is 0 Å². The molecule has 0 N–H and O–H groups in total. The van der Waals surface area contributed by atoms with E-state index in [9.17, 15) is 17.6 Å². The number of aromatic nitrogens is 2. The van der Waals surface area contributed by atoms with Gasteiger partial charge in [-0.3, -0.25) is 4.79 Å². The summed E-state index contributed by atoms with van der Waals surface area (Å²) in [7, 11) is -3.31. The summed E-state index contributed by atoms with van der Waals surface area (Å²) in [6, 6.07) is 12.0. The summed E-state index contributed by atoms with van der Waals surface area (Å²) in [6.45, 7) is 6.20. The number of hydrogen-bond donors (Lipinski definition) is 0. The normalized spacial score (nSPS) is 12.2. The van der Waals surface area contributed by atoms with Gasteiger partial charge in [0.1, 0.15) is 5.82 Å². The van der Waals surface area contributed by atoms with Crippen molar-refractivity contribution in [3.05, 3.63) is 76.5 Å². The number of nitrogens with zero attached hydrogens (tertiary/aromatic N) is 2. The van der Waals surface area contributed by atoms with Crippen molar-refractivity contribution in [1.29, 1.82) is 0 Å². The van der Waals surface area contributed by atoms with Crippen LogP contribution in [0.25, 0.3) is 16.8 Å². The lowest BCUT2D eigenvalue weighted by molar-refractivity contribution is 0.602. The molecule has 8 heteroatoms. The Balaban J connectivity index is 2.13. The summed E-state index contributed by atoms with van der Waals surface area (Å²) < 4.78 is 38.0. The van der Waals surface area contributed by atoms with Gasteiger partial charge in [-0.2, -0.15) is 21.5 Å². The van der Waals surface area contributed by atoms with Gasteiger partial charge in [-0.25, -0.2) is 12.8 Å². The maximum Gasteiger partial charge on any atom is 0.276 e. The van der Waals surface area contributed by atoms with Gasteiger partial charge in [0.05, 0.1) is 16.8 Å². The summed E-state index contributed by atoms with van der Waals surface area (Å²) in [5.74, 6) is 0.0627. The minimum atomic E-state index is -3.31. The SMILES string of the molecule is CC(C)(C)SCc1c(-c2ccc(S(C)(=O)=O)cc2)cnn(-c2ccc(F)cc2)c1=O. The Morgan fingerprint density at radius 2 is 1.63 bits per heavy atom. The molecule has 0 atom stereocenters. The Kier molecular flexibility index (Phi) is 6.19. The molecule has 1 heterocycles. The van der Waals surface area contributed by atoms with E-state index in [2.05, 4.69) is 25.9 Å². The van der Waals surface area contributed by atoms with Gasteiger partial charge in [0.2, 0.25) is 0 Å². The zero-order valence-electron chi connectivity index (χ0n) is 17.2. The highest BCUT2D eigenvalue weighted by atomic mass is 32.2. The van der Waals surface area contributed by atoms with Crippen LogP contribution in [0, 0.1) is 5.82 Å². The molecule has 0 bridgehead atoms. The van der Waals surface area contributed by atoms with Gasteiger partial charge in [0.15, 0.2) is 9.84 Å². The number of halogens is 1. The van der Waals surface area contributed by atoms with E-state index in [-0.39, 0.29) is 15.2 Å². The van der Waals surface area contributed by atoms with Gasteiger partial charge in [-0.1, -0.05) is 32.9 Å². The molecule has 0 amide bonds. The third kappa shape index (κ3) is 5.17. The second-order valence-corrected chi connectivity index (χ2v) is 11.7. The van der Waals surface area contributed by atoms with Gasteiger partial charge >= 0.3 is 0 Å². The average Bonchev–Trinajstić information content (AvgIpc) is 2.66. The van der Waals surface area contributed by atoms with E-state index in [1.165, 1.54) is 41.1 Å². The molecule has 0 spiro atoms.